The minimum atomic E-state index is 0.159. The molecule has 15 heavy (non-hydrogen) atoms. The summed E-state index contributed by atoms with van der Waals surface area (Å²) in [5.74, 6) is 1.20. The van der Waals surface area contributed by atoms with Crippen LogP contribution in [-0.2, 0) is 4.79 Å². The summed E-state index contributed by atoms with van der Waals surface area (Å²) in [5, 5.41) is 3.28. The fourth-order valence-electron chi connectivity index (χ4n) is 2.04. The third kappa shape index (κ3) is 4.76. The fraction of sp³-hybridized carbons (Fsp3) is 0.917. The van der Waals surface area contributed by atoms with E-state index in [4.69, 9.17) is 0 Å². The maximum atomic E-state index is 11.4. The molecule has 1 fully saturated rings. The van der Waals surface area contributed by atoms with Crippen LogP contribution in [0.5, 0.6) is 0 Å². The number of nitrogens with zero attached hydrogens (tertiary/aromatic N) is 1. The van der Waals surface area contributed by atoms with E-state index in [1.807, 2.05) is 13.8 Å². The third-order valence-corrected chi connectivity index (χ3v) is 3.10. The molecule has 1 saturated heterocycles. The monoisotopic (exact) mass is 212 g/mol. The zero-order valence-electron chi connectivity index (χ0n) is 10.3. The fourth-order valence-corrected chi connectivity index (χ4v) is 2.04. The summed E-state index contributed by atoms with van der Waals surface area (Å²) in [6.45, 7) is 7.84. The lowest BCUT2D eigenvalue weighted by Crippen LogP contribution is -2.39. The molecule has 0 saturated carbocycles. The van der Waals surface area contributed by atoms with E-state index in [0.29, 0.717) is 12.3 Å². The van der Waals surface area contributed by atoms with Gasteiger partial charge in [0.25, 0.3) is 0 Å². The molecule has 0 aromatic rings. The minimum Gasteiger partial charge on any atom is -0.310 e. The van der Waals surface area contributed by atoms with Gasteiger partial charge in [0.15, 0.2) is 0 Å². The summed E-state index contributed by atoms with van der Waals surface area (Å²) in [6, 6.07) is 0. The largest absolute Gasteiger partial charge is 0.310 e. The van der Waals surface area contributed by atoms with Crippen molar-refractivity contribution >= 4 is 5.78 Å². The molecule has 3 nitrogen and oxygen atoms in total. The molecule has 1 aliphatic heterocycles. The Morgan fingerprint density at radius 3 is 2.87 bits per heavy atom. The van der Waals surface area contributed by atoms with Crippen LogP contribution in [0.1, 0.15) is 26.7 Å². The lowest BCUT2D eigenvalue weighted by molar-refractivity contribution is -0.121. The number of carbonyl (C=O) groups excluding carboxylic acids is 1. The molecule has 0 spiro atoms. The van der Waals surface area contributed by atoms with Crippen LogP contribution in [0.15, 0.2) is 0 Å². The van der Waals surface area contributed by atoms with Gasteiger partial charge in [-0.15, -0.1) is 0 Å². The van der Waals surface area contributed by atoms with Gasteiger partial charge in [-0.2, -0.15) is 0 Å². The Labute approximate surface area is 93.2 Å². The average Bonchev–Trinajstić information content (AvgIpc) is 2.17. The Bertz CT molecular complexity index is 204. The molecule has 1 N–H and O–H groups in total. The van der Waals surface area contributed by atoms with Crippen LogP contribution >= 0.6 is 0 Å². The standard InChI is InChI=1S/C12H24N2O/c1-10(2)12(15)8-13-7-11-5-4-6-14(3)9-11/h10-11,13H,4-9H2,1-3H3. The summed E-state index contributed by atoms with van der Waals surface area (Å²) in [4.78, 5) is 13.8. The number of piperidine rings is 1. The van der Waals surface area contributed by atoms with E-state index in [1.54, 1.807) is 0 Å². The lowest BCUT2D eigenvalue weighted by Gasteiger charge is -2.29. The molecule has 0 bridgehead atoms. The number of nitrogens with one attached hydrogen (secondary N) is 1. The van der Waals surface area contributed by atoms with Gasteiger partial charge in [-0.3, -0.25) is 4.79 Å². The molecule has 1 rings (SSSR count). The summed E-state index contributed by atoms with van der Waals surface area (Å²) in [5.41, 5.74) is 0. The van der Waals surface area contributed by atoms with Crippen LogP contribution < -0.4 is 5.32 Å². The highest BCUT2D eigenvalue weighted by molar-refractivity contribution is 5.82. The Hall–Kier alpha value is -0.410. The van der Waals surface area contributed by atoms with Crippen molar-refractivity contribution in [3.63, 3.8) is 0 Å². The first-order chi connectivity index (χ1) is 7.09. The van der Waals surface area contributed by atoms with Gasteiger partial charge in [-0.05, 0) is 38.9 Å². The highest BCUT2D eigenvalue weighted by atomic mass is 16.1. The van der Waals surface area contributed by atoms with E-state index in [2.05, 4.69) is 17.3 Å². The van der Waals surface area contributed by atoms with Crippen molar-refractivity contribution in [2.45, 2.75) is 26.7 Å². The summed E-state index contributed by atoms with van der Waals surface area (Å²) >= 11 is 0. The van der Waals surface area contributed by atoms with E-state index < -0.39 is 0 Å². The van der Waals surface area contributed by atoms with Gasteiger partial charge in [-0.25, -0.2) is 0 Å². The second kappa shape index (κ2) is 6.23. The Kier molecular flexibility index (Phi) is 5.26. The minimum absolute atomic E-state index is 0.159. The van der Waals surface area contributed by atoms with E-state index in [1.165, 1.54) is 25.9 Å². The summed E-state index contributed by atoms with van der Waals surface area (Å²) < 4.78 is 0. The van der Waals surface area contributed by atoms with Crippen molar-refractivity contribution in [1.29, 1.82) is 0 Å². The van der Waals surface area contributed by atoms with Crippen molar-refractivity contribution < 1.29 is 4.79 Å². The van der Waals surface area contributed by atoms with E-state index in [9.17, 15) is 4.79 Å². The molecule has 3 heteroatoms. The van der Waals surface area contributed by atoms with Gasteiger partial charge < -0.3 is 10.2 Å². The number of hydrogen-bond donors (Lipinski definition) is 1. The molecule has 1 aliphatic rings. The Balaban J connectivity index is 2.11. The molecule has 1 heterocycles. The molecular formula is C12H24N2O. The van der Waals surface area contributed by atoms with Crippen molar-refractivity contribution in [1.82, 2.24) is 10.2 Å². The van der Waals surface area contributed by atoms with Crippen LogP contribution in [0, 0.1) is 11.8 Å². The summed E-state index contributed by atoms with van der Waals surface area (Å²) in [6.07, 6.45) is 2.59. The van der Waals surface area contributed by atoms with Crippen molar-refractivity contribution in [2.24, 2.45) is 11.8 Å². The number of ketones is 1. The van der Waals surface area contributed by atoms with Gasteiger partial charge in [0.2, 0.25) is 0 Å². The topological polar surface area (TPSA) is 32.3 Å². The quantitative estimate of drug-likeness (QED) is 0.742. The summed E-state index contributed by atoms with van der Waals surface area (Å²) in [7, 11) is 2.17. The van der Waals surface area contributed by atoms with Crippen LogP contribution in [-0.4, -0.2) is 43.9 Å². The van der Waals surface area contributed by atoms with Gasteiger partial charge in [-0.1, -0.05) is 13.8 Å². The van der Waals surface area contributed by atoms with Crippen LogP contribution in [0.25, 0.3) is 0 Å². The van der Waals surface area contributed by atoms with Crippen molar-refractivity contribution in [3.8, 4) is 0 Å². The highest BCUT2D eigenvalue weighted by Crippen LogP contribution is 2.13. The zero-order chi connectivity index (χ0) is 11.3. The predicted molar refractivity (Wildman–Crippen MR) is 62.9 cm³/mol. The van der Waals surface area contributed by atoms with E-state index in [0.717, 1.165) is 12.5 Å². The molecule has 0 aromatic carbocycles. The van der Waals surface area contributed by atoms with E-state index in [-0.39, 0.29) is 5.92 Å². The molecular weight excluding hydrogens is 188 g/mol. The Morgan fingerprint density at radius 1 is 1.53 bits per heavy atom. The SMILES string of the molecule is CC(C)C(=O)CNCC1CCCN(C)C1. The zero-order valence-corrected chi connectivity index (χ0v) is 10.3. The van der Waals surface area contributed by atoms with Crippen molar-refractivity contribution in [2.75, 3.05) is 33.2 Å². The molecule has 0 aromatic heterocycles. The van der Waals surface area contributed by atoms with Gasteiger partial charge in [0.1, 0.15) is 5.78 Å². The van der Waals surface area contributed by atoms with E-state index >= 15 is 0 Å². The number of hydrogen-bond acceptors (Lipinski definition) is 3. The smallest absolute Gasteiger partial charge is 0.149 e. The molecule has 0 aliphatic carbocycles. The molecule has 0 amide bonds. The number of rotatable bonds is 5. The maximum Gasteiger partial charge on any atom is 0.149 e. The maximum absolute atomic E-state index is 11.4. The number of Topliss-reactive ketones (excluding diaryl/α,β-unsaturated/α-hetero) is 1. The van der Waals surface area contributed by atoms with Gasteiger partial charge in [0, 0.05) is 12.5 Å². The Morgan fingerprint density at radius 2 is 2.27 bits per heavy atom. The highest BCUT2D eigenvalue weighted by Gasteiger charge is 2.17. The first-order valence-corrected chi connectivity index (χ1v) is 6.01. The van der Waals surface area contributed by atoms with Crippen LogP contribution in [0.3, 0.4) is 0 Å². The first-order valence-electron chi connectivity index (χ1n) is 6.01. The normalized spacial score (nSPS) is 23.3. The predicted octanol–water partition coefficient (Wildman–Crippen LogP) is 1.14. The number of likely N-dealkylation sites (tertiary alicyclic amines) is 1. The number of carbonyl (C=O) groups is 1. The molecule has 88 valence electrons. The van der Waals surface area contributed by atoms with Gasteiger partial charge >= 0.3 is 0 Å². The van der Waals surface area contributed by atoms with Crippen LogP contribution in [0.2, 0.25) is 0 Å². The van der Waals surface area contributed by atoms with Crippen LogP contribution in [0.4, 0.5) is 0 Å². The molecule has 1 atom stereocenters. The second-order valence-corrected chi connectivity index (χ2v) is 5.02. The van der Waals surface area contributed by atoms with Gasteiger partial charge in [0.05, 0.1) is 6.54 Å². The average molecular weight is 212 g/mol. The third-order valence-electron chi connectivity index (χ3n) is 3.10. The van der Waals surface area contributed by atoms with Crippen molar-refractivity contribution in [3.05, 3.63) is 0 Å². The molecule has 1 unspecified atom stereocenters. The first kappa shape index (κ1) is 12.7. The second-order valence-electron chi connectivity index (χ2n) is 5.02. The molecule has 0 radical (unpaired) electrons. The lowest BCUT2D eigenvalue weighted by atomic mass is 9.98.